The third kappa shape index (κ3) is 5.12. The van der Waals surface area contributed by atoms with Gasteiger partial charge in [-0.2, -0.15) is 13.2 Å². The van der Waals surface area contributed by atoms with Gasteiger partial charge >= 0.3 is 6.18 Å². The number of aliphatic hydroxyl groups excluding tert-OH is 1. The first-order valence-corrected chi connectivity index (χ1v) is 5.52. The van der Waals surface area contributed by atoms with Crippen molar-refractivity contribution in [1.82, 2.24) is 0 Å². The van der Waals surface area contributed by atoms with Gasteiger partial charge in [0.15, 0.2) is 0 Å². The maximum atomic E-state index is 12.7. The summed E-state index contributed by atoms with van der Waals surface area (Å²) in [6.45, 7) is -1.04. The Kier molecular flexibility index (Phi) is 5.68. The van der Waals surface area contributed by atoms with Crippen LogP contribution in [-0.4, -0.2) is 24.7 Å². The topological polar surface area (TPSA) is 29.5 Å². The molecule has 1 atom stereocenters. The van der Waals surface area contributed by atoms with Gasteiger partial charge in [-0.3, -0.25) is 0 Å². The molecule has 1 aromatic rings. The van der Waals surface area contributed by atoms with Crippen LogP contribution in [0.3, 0.4) is 0 Å². The summed E-state index contributed by atoms with van der Waals surface area (Å²) in [5.41, 5.74) is -1.22. The molecule has 0 aliphatic carbocycles. The molecule has 1 aromatic carbocycles. The van der Waals surface area contributed by atoms with E-state index in [2.05, 4.69) is 4.74 Å². The predicted molar refractivity (Wildman–Crippen MR) is 57.8 cm³/mol. The van der Waals surface area contributed by atoms with Crippen LogP contribution in [0.4, 0.5) is 22.0 Å². The van der Waals surface area contributed by atoms with Crippen molar-refractivity contribution in [2.45, 2.75) is 25.1 Å². The minimum Gasteiger partial charge on any atom is -0.388 e. The van der Waals surface area contributed by atoms with Crippen LogP contribution in [0, 0.1) is 0 Å². The van der Waals surface area contributed by atoms with Crippen molar-refractivity contribution in [1.29, 1.82) is 0 Å². The molecule has 7 heteroatoms. The second kappa shape index (κ2) is 6.81. The van der Waals surface area contributed by atoms with Gasteiger partial charge < -0.3 is 9.84 Å². The van der Waals surface area contributed by atoms with Crippen LogP contribution < -0.4 is 0 Å². The van der Waals surface area contributed by atoms with E-state index in [0.29, 0.717) is 0 Å². The number of halogens is 5. The first kappa shape index (κ1) is 15.8. The minimum absolute atomic E-state index is 0.181. The molecule has 2 nitrogen and oxygen atoms in total. The summed E-state index contributed by atoms with van der Waals surface area (Å²) in [6, 6.07) is 4.60. The monoisotopic (exact) mass is 284 g/mol. The summed E-state index contributed by atoms with van der Waals surface area (Å²) in [4.78, 5) is 0. The SMILES string of the molecule is OC(CCOCC(F)F)c1ccccc1C(F)(F)F. The molecule has 0 amide bonds. The van der Waals surface area contributed by atoms with Crippen molar-refractivity contribution >= 4 is 0 Å². The van der Waals surface area contributed by atoms with Crippen molar-refractivity contribution in [3.8, 4) is 0 Å². The Morgan fingerprint density at radius 3 is 2.37 bits per heavy atom. The molecular formula is C12H13F5O2. The zero-order valence-corrected chi connectivity index (χ0v) is 9.83. The fraction of sp³-hybridized carbons (Fsp3) is 0.500. The average molecular weight is 284 g/mol. The third-order valence-corrected chi connectivity index (χ3v) is 2.40. The largest absolute Gasteiger partial charge is 0.416 e. The van der Waals surface area contributed by atoms with Crippen molar-refractivity contribution in [2.24, 2.45) is 0 Å². The Labute approximate surface area is 106 Å². The average Bonchev–Trinajstić information content (AvgIpc) is 2.33. The number of ether oxygens (including phenoxy) is 1. The molecule has 108 valence electrons. The highest BCUT2D eigenvalue weighted by atomic mass is 19.4. The first-order chi connectivity index (χ1) is 8.82. The Morgan fingerprint density at radius 2 is 1.79 bits per heavy atom. The van der Waals surface area contributed by atoms with Gasteiger partial charge in [0, 0.05) is 13.0 Å². The third-order valence-electron chi connectivity index (χ3n) is 2.40. The summed E-state index contributed by atoms with van der Waals surface area (Å²) >= 11 is 0. The first-order valence-electron chi connectivity index (χ1n) is 5.52. The molecule has 0 aliphatic heterocycles. The number of hydrogen-bond acceptors (Lipinski definition) is 2. The molecule has 0 saturated heterocycles. The molecule has 0 spiro atoms. The fourth-order valence-electron chi connectivity index (χ4n) is 1.57. The Hall–Kier alpha value is -1.21. The second-order valence-corrected chi connectivity index (χ2v) is 3.86. The molecule has 0 saturated carbocycles. The normalized spacial score (nSPS) is 13.8. The van der Waals surface area contributed by atoms with E-state index < -0.39 is 30.9 Å². The van der Waals surface area contributed by atoms with Gasteiger partial charge in [0.2, 0.25) is 0 Å². The van der Waals surface area contributed by atoms with E-state index in [1.165, 1.54) is 12.1 Å². The van der Waals surface area contributed by atoms with Crippen LogP contribution >= 0.6 is 0 Å². The molecule has 0 fully saturated rings. The molecular weight excluding hydrogens is 271 g/mol. The lowest BCUT2D eigenvalue weighted by Crippen LogP contribution is -2.14. The van der Waals surface area contributed by atoms with Crippen molar-refractivity contribution in [3.63, 3.8) is 0 Å². The Bertz CT molecular complexity index is 392. The minimum atomic E-state index is -4.57. The van der Waals surface area contributed by atoms with Gasteiger partial charge in [-0.1, -0.05) is 18.2 Å². The van der Waals surface area contributed by atoms with Crippen molar-refractivity contribution < 1.29 is 31.8 Å². The van der Waals surface area contributed by atoms with E-state index in [0.717, 1.165) is 12.1 Å². The lowest BCUT2D eigenvalue weighted by atomic mass is 10.00. The van der Waals surface area contributed by atoms with Crippen LogP contribution in [0.5, 0.6) is 0 Å². The summed E-state index contributed by atoms with van der Waals surface area (Å²) in [5.74, 6) is 0. The van der Waals surface area contributed by atoms with E-state index in [1.54, 1.807) is 0 Å². The van der Waals surface area contributed by atoms with E-state index in [9.17, 15) is 27.1 Å². The van der Waals surface area contributed by atoms with Crippen LogP contribution in [0.2, 0.25) is 0 Å². The van der Waals surface area contributed by atoms with E-state index in [4.69, 9.17) is 0 Å². The van der Waals surface area contributed by atoms with Crippen LogP contribution in [-0.2, 0) is 10.9 Å². The van der Waals surface area contributed by atoms with Crippen LogP contribution in [0.15, 0.2) is 24.3 Å². The quantitative estimate of drug-likeness (QED) is 0.640. The zero-order valence-electron chi connectivity index (χ0n) is 9.83. The number of aliphatic hydroxyl groups is 1. The summed E-state index contributed by atoms with van der Waals surface area (Å²) in [6.07, 6.45) is -8.79. The van der Waals surface area contributed by atoms with Gasteiger partial charge in [-0.05, 0) is 11.6 Å². The molecule has 1 N–H and O–H groups in total. The van der Waals surface area contributed by atoms with Gasteiger partial charge in [0.1, 0.15) is 6.61 Å². The molecule has 0 bridgehead atoms. The fourth-order valence-corrected chi connectivity index (χ4v) is 1.57. The lowest BCUT2D eigenvalue weighted by molar-refractivity contribution is -0.139. The number of alkyl halides is 5. The highest BCUT2D eigenvalue weighted by Crippen LogP contribution is 2.35. The molecule has 0 heterocycles. The number of rotatable bonds is 6. The lowest BCUT2D eigenvalue weighted by Gasteiger charge is -2.17. The number of benzene rings is 1. The van der Waals surface area contributed by atoms with Crippen molar-refractivity contribution in [2.75, 3.05) is 13.2 Å². The molecule has 1 rings (SSSR count). The van der Waals surface area contributed by atoms with Gasteiger partial charge in [-0.15, -0.1) is 0 Å². The molecule has 1 unspecified atom stereocenters. The van der Waals surface area contributed by atoms with Gasteiger partial charge in [-0.25, -0.2) is 8.78 Å². The standard InChI is InChI=1S/C12H13F5O2/c13-11(14)7-19-6-5-10(18)8-3-1-2-4-9(8)12(15,16)17/h1-4,10-11,18H,5-7H2. The number of hydrogen-bond donors (Lipinski definition) is 1. The maximum Gasteiger partial charge on any atom is 0.416 e. The molecule has 0 aromatic heterocycles. The maximum absolute atomic E-state index is 12.7. The molecule has 0 aliphatic rings. The van der Waals surface area contributed by atoms with E-state index in [-0.39, 0.29) is 18.6 Å². The van der Waals surface area contributed by atoms with Gasteiger partial charge in [0.25, 0.3) is 6.43 Å². The van der Waals surface area contributed by atoms with Gasteiger partial charge in [0.05, 0.1) is 11.7 Å². The summed E-state index contributed by atoms with van der Waals surface area (Å²) < 4.78 is 66.0. The van der Waals surface area contributed by atoms with Crippen molar-refractivity contribution in [3.05, 3.63) is 35.4 Å². The highest BCUT2D eigenvalue weighted by Gasteiger charge is 2.34. The van der Waals surface area contributed by atoms with Crippen LogP contribution in [0.1, 0.15) is 23.7 Å². The predicted octanol–water partition coefficient (Wildman–Crippen LogP) is 3.41. The van der Waals surface area contributed by atoms with E-state index >= 15 is 0 Å². The smallest absolute Gasteiger partial charge is 0.388 e. The Balaban J connectivity index is 2.64. The van der Waals surface area contributed by atoms with Crippen LogP contribution in [0.25, 0.3) is 0 Å². The molecule has 0 radical (unpaired) electrons. The van der Waals surface area contributed by atoms with E-state index in [1.807, 2.05) is 0 Å². The summed E-state index contributed by atoms with van der Waals surface area (Å²) in [5, 5.41) is 9.66. The summed E-state index contributed by atoms with van der Waals surface area (Å²) in [7, 11) is 0. The molecule has 19 heavy (non-hydrogen) atoms. The highest BCUT2D eigenvalue weighted by molar-refractivity contribution is 5.31. The Morgan fingerprint density at radius 1 is 1.16 bits per heavy atom. The zero-order chi connectivity index (χ0) is 14.5. The second-order valence-electron chi connectivity index (χ2n) is 3.86.